The van der Waals surface area contributed by atoms with Crippen LogP contribution in [0.1, 0.15) is 24.0 Å². The molecule has 0 saturated carbocycles. The van der Waals surface area contributed by atoms with Crippen molar-refractivity contribution in [1.29, 1.82) is 0 Å². The number of alkyl halides is 3. The van der Waals surface area contributed by atoms with Crippen molar-refractivity contribution in [2.75, 3.05) is 0 Å². The molecule has 2 aromatic rings. The van der Waals surface area contributed by atoms with Crippen molar-refractivity contribution in [1.82, 2.24) is 5.32 Å². The number of alkyl carbamates (subject to hydrolysis) is 1. The molecule has 0 aliphatic rings. The van der Waals surface area contributed by atoms with Gasteiger partial charge in [-0.2, -0.15) is 0 Å². The number of nitrogens with one attached hydrogen (secondary N) is 1. The first kappa shape index (κ1) is 22.1. The number of halogens is 3. The first-order valence-corrected chi connectivity index (χ1v) is 8.75. The molecule has 2 aromatic carbocycles. The maximum atomic E-state index is 12.4. The Morgan fingerprint density at radius 1 is 1.03 bits per heavy atom. The van der Waals surface area contributed by atoms with Crippen LogP contribution in [-0.2, 0) is 22.6 Å². The summed E-state index contributed by atoms with van der Waals surface area (Å²) in [7, 11) is 0. The minimum absolute atomic E-state index is 0.0350. The normalized spacial score (nSPS) is 12.1. The van der Waals surface area contributed by atoms with Crippen LogP contribution in [0.3, 0.4) is 0 Å². The van der Waals surface area contributed by atoms with Crippen LogP contribution in [0.4, 0.5) is 18.0 Å². The largest absolute Gasteiger partial charge is 0.573 e. The lowest BCUT2D eigenvalue weighted by Gasteiger charge is -2.19. The predicted molar refractivity (Wildman–Crippen MR) is 97.2 cm³/mol. The molecule has 0 heterocycles. The van der Waals surface area contributed by atoms with Gasteiger partial charge in [0.1, 0.15) is 12.4 Å². The molecule has 0 fully saturated rings. The number of aliphatic carboxylic acids is 1. The van der Waals surface area contributed by atoms with Gasteiger partial charge in [-0.3, -0.25) is 4.79 Å². The van der Waals surface area contributed by atoms with Gasteiger partial charge in [-0.25, -0.2) is 4.79 Å². The second-order valence-corrected chi connectivity index (χ2v) is 6.23. The first-order valence-electron chi connectivity index (χ1n) is 8.75. The smallest absolute Gasteiger partial charge is 0.481 e. The monoisotopic (exact) mass is 411 g/mol. The van der Waals surface area contributed by atoms with E-state index < -0.39 is 30.2 Å². The van der Waals surface area contributed by atoms with Crippen LogP contribution in [-0.4, -0.2) is 29.6 Å². The predicted octanol–water partition coefficient (Wildman–Crippen LogP) is 4.29. The van der Waals surface area contributed by atoms with Crippen LogP contribution in [0.2, 0.25) is 0 Å². The number of rotatable bonds is 9. The molecule has 0 aliphatic carbocycles. The minimum atomic E-state index is -4.82. The van der Waals surface area contributed by atoms with Crippen molar-refractivity contribution >= 4 is 12.1 Å². The van der Waals surface area contributed by atoms with Crippen molar-refractivity contribution in [2.24, 2.45) is 0 Å². The van der Waals surface area contributed by atoms with E-state index in [9.17, 15) is 22.8 Å². The van der Waals surface area contributed by atoms with Gasteiger partial charge >= 0.3 is 18.4 Å². The van der Waals surface area contributed by atoms with Crippen molar-refractivity contribution in [3.05, 3.63) is 65.7 Å². The van der Waals surface area contributed by atoms with E-state index in [1.165, 1.54) is 12.1 Å². The zero-order valence-corrected chi connectivity index (χ0v) is 15.3. The highest BCUT2D eigenvalue weighted by Crippen LogP contribution is 2.24. The SMILES string of the molecule is O=C(O)CCC(Cc1cccc(OC(F)(F)F)c1)NC(=O)OCc1ccccc1. The number of hydrogen-bond acceptors (Lipinski definition) is 4. The third-order valence-corrected chi connectivity index (χ3v) is 3.86. The Bertz CT molecular complexity index is 811. The molecule has 0 saturated heterocycles. The molecule has 1 unspecified atom stereocenters. The zero-order chi connectivity index (χ0) is 21.3. The van der Waals surface area contributed by atoms with Gasteiger partial charge in [0.05, 0.1) is 0 Å². The van der Waals surface area contributed by atoms with E-state index in [4.69, 9.17) is 9.84 Å². The van der Waals surface area contributed by atoms with E-state index in [2.05, 4.69) is 10.1 Å². The quantitative estimate of drug-likeness (QED) is 0.643. The summed E-state index contributed by atoms with van der Waals surface area (Å²) in [5.41, 5.74) is 1.23. The average molecular weight is 411 g/mol. The number of ether oxygens (including phenoxy) is 2. The highest BCUT2D eigenvalue weighted by atomic mass is 19.4. The molecule has 6 nitrogen and oxygen atoms in total. The zero-order valence-electron chi connectivity index (χ0n) is 15.3. The molecule has 156 valence electrons. The molecule has 1 amide bonds. The Kier molecular flexibility index (Phi) is 7.88. The second-order valence-electron chi connectivity index (χ2n) is 6.23. The van der Waals surface area contributed by atoms with E-state index in [0.29, 0.717) is 5.56 Å². The van der Waals surface area contributed by atoms with Crippen LogP contribution in [0.15, 0.2) is 54.6 Å². The van der Waals surface area contributed by atoms with Gasteiger partial charge in [0.15, 0.2) is 0 Å². The third-order valence-electron chi connectivity index (χ3n) is 3.86. The lowest BCUT2D eigenvalue weighted by atomic mass is 10.0. The van der Waals surface area contributed by atoms with Gasteiger partial charge in [-0.1, -0.05) is 42.5 Å². The van der Waals surface area contributed by atoms with Crippen LogP contribution in [0.5, 0.6) is 5.75 Å². The highest BCUT2D eigenvalue weighted by molar-refractivity contribution is 5.68. The Morgan fingerprint density at radius 2 is 1.72 bits per heavy atom. The number of carboxylic acids is 1. The summed E-state index contributed by atoms with van der Waals surface area (Å²) in [6.45, 7) is 0.0350. The van der Waals surface area contributed by atoms with Gasteiger partial charge in [-0.15, -0.1) is 13.2 Å². The molecule has 0 spiro atoms. The van der Waals surface area contributed by atoms with E-state index in [-0.39, 0.29) is 25.9 Å². The van der Waals surface area contributed by atoms with Gasteiger partial charge in [0.25, 0.3) is 0 Å². The molecule has 0 bridgehead atoms. The Morgan fingerprint density at radius 3 is 2.38 bits per heavy atom. The number of carboxylic acid groups (broad SMARTS) is 1. The Balaban J connectivity index is 1.99. The van der Waals surface area contributed by atoms with Crippen LogP contribution in [0.25, 0.3) is 0 Å². The number of hydrogen-bond donors (Lipinski definition) is 2. The standard InChI is InChI=1S/C20H20F3NO5/c21-20(22,23)29-17-8-4-7-15(12-17)11-16(9-10-18(25)26)24-19(27)28-13-14-5-2-1-3-6-14/h1-8,12,16H,9-11,13H2,(H,24,27)(H,25,26). The summed E-state index contributed by atoms with van der Waals surface area (Å²) >= 11 is 0. The summed E-state index contributed by atoms with van der Waals surface area (Å²) < 4.78 is 46.1. The van der Waals surface area contributed by atoms with Gasteiger partial charge in [0, 0.05) is 12.5 Å². The van der Waals surface area contributed by atoms with E-state index in [0.717, 1.165) is 11.6 Å². The molecule has 0 aliphatic heterocycles. The fraction of sp³-hybridized carbons (Fsp3) is 0.300. The number of carbonyl (C=O) groups is 2. The molecule has 2 N–H and O–H groups in total. The molecular formula is C20H20F3NO5. The number of carbonyl (C=O) groups excluding carboxylic acids is 1. The molecule has 1 atom stereocenters. The summed E-state index contributed by atoms with van der Waals surface area (Å²) in [5.74, 6) is -1.44. The van der Waals surface area contributed by atoms with Crippen LogP contribution in [0, 0.1) is 0 Å². The molecule has 29 heavy (non-hydrogen) atoms. The van der Waals surface area contributed by atoms with Crippen LogP contribution < -0.4 is 10.1 Å². The minimum Gasteiger partial charge on any atom is -0.481 e. The summed E-state index contributed by atoms with van der Waals surface area (Å²) in [6, 6.07) is 13.6. The van der Waals surface area contributed by atoms with E-state index in [1.54, 1.807) is 30.3 Å². The van der Waals surface area contributed by atoms with E-state index in [1.807, 2.05) is 6.07 Å². The van der Waals surface area contributed by atoms with Gasteiger partial charge in [-0.05, 0) is 36.1 Å². The van der Waals surface area contributed by atoms with Crippen molar-refractivity contribution < 1.29 is 37.3 Å². The van der Waals surface area contributed by atoms with Crippen molar-refractivity contribution in [3.8, 4) is 5.75 Å². The fourth-order valence-corrected chi connectivity index (χ4v) is 2.61. The Hall–Kier alpha value is -3.23. The molecular weight excluding hydrogens is 391 g/mol. The van der Waals surface area contributed by atoms with E-state index >= 15 is 0 Å². The molecule has 0 aromatic heterocycles. The first-order chi connectivity index (χ1) is 13.7. The lowest BCUT2D eigenvalue weighted by molar-refractivity contribution is -0.274. The topological polar surface area (TPSA) is 84.9 Å². The number of benzene rings is 2. The summed E-state index contributed by atoms with van der Waals surface area (Å²) in [6.07, 6.45) is -5.58. The summed E-state index contributed by atoms with van der Waals surface area (Å²) in [5, 5.41) is 11.5. The van der Waals surface area contributed by atoms with Crippen molar-refractivity contribution in [3.63, 3.8) is 0 Å². The number of amides is 1. The molecule has 9 heteroatoms. The van der Waals surface area contributed by atoms with Crippen LogP contribution >= 0.6 is 0 Å². The van der Waals surface area contributed by atoms with Gasteiger partial charge < -0.3 is 19.9 Å². The maximum Gasteiger partial charge on any atom is 0.573 e. The van der Waals surface area contributed by atoms with Gasteiger partial charge in [0.2, 0.25) is 0 Å². The molecule has 2 rings (SSSR count). The van der Waals surface area contributed by atoms with Crippen molar-refractivity contribution in [2.45, 2.75) is 38.3 Å². The molecule has 0 radical (unpaired) electrons. The maximum absolute atomic E-state index is 12.4. The highest BCUT2D eigenvalue weighted by Gasteiger charge is 2.31. The summed E-state index contributed by atoms with van der Waals surface area (Å²) in [4.78, 5) is 22.9. The third kappa shape index (κ3) is 9.00. The fourth-order valence-electron chi connectivity index (χ4n) is 2.61. The average Bonchev–Trinajstić information content (AvgIpc) is 2.64. The Labute approximate surface area is 165 Å². The second kappa shape index (κ2) is 10.4. The lowest BCUT2D eigenvalue weighted by Crippen LogP contribution is -2.37.